The van der Waals surface area contributed by atoms with Crippen molar-refractivity contribution in [2.45, 2.75) is 38.4 Å². The van der Waals surface area contributed by atoms with Crippen LogP contribution in [-0.2, 0) is 5.75 Å². The summed E-state index contributed by atoms with van der Waals surface area (Å²) >= 11 is 1.98. The van der Waals surface area contributed by atoms with Gasteiger partial charge in [0.15, 0.2) is 0 Å². The molecule has 0 unspecified atom stereocenters. The zero-order valence-electron chi connectivity index (χ0n) is 11.1. The van der Waals surface area contributed by atoms with Crippen LogP contribution in [-0.4, -0.2) is 17.5 Å². The average Bonchev–Trinajstić information content (AvgIpc) is 2.40. The van der Waals surface area contributed by atoms with Crippen LogP contribution in [0.1, 0.15) is 43.7 Å². The lowest BCUT2D eigenvalue weighted by atomic mass is 10.1. The second kappa shape index (κ2) is 10.1. The number of rotatable bonds is 7. The summed E-state index contributed by atoms with van der Waals surface area (Å²) in [5.74, 6) is 8.40. The van der Waals surface area contributed by atoms with Gasteiger partial charge in [0.2, 0.25) is 0 Å². The lowest BCUT2D eigenvalue weighted by molar-refractivity contribution is 0.305. The third kappa shape index (κ3) is 6.14. The van der Waals surface area contributed by atoms with Gasteiger partial charge < -0.3 is 5.11 Å². The summed E-state index contributed by atoms with van der Waals surface area (Å²) < 4.78 is 0. The summed E-state index contributed by atoms with van der Waals surface area (Å²) in [4.78, 5) is 0. The molecule has 0 bridgehead atoms. The fraction of sp³-hybridized carbons (Fsp3) is 0.500. The first-order valence-corrected chi connectivity index (χ1v) is 7.79. The van der Waals surface area contributed by atoms with Gasteiger partial charge in [-0.1, -0.05) is 49.8 Å². The van der Waals surface area contributed by atoms with Gasteiger partial charge in [0.05, 0.1) is 6.61 Å². The van der Waals surface area contributed by atoms with Crippen LogP contribution in [0.2, 0.25) is 0 Å². The number of hydrogen-bond donors (Lipinski definition) is 1. The summed E-state index contributed by atoms with van der Waals surface area (Å²) in [6, 6.07) is 8.30. The minimum absolute atomic E-state index is 0.140. The first-order chi connectivity index (χ1) is 8.88. The molecule has 0 atom stereocenters. The maximum atomic E-state index is 8.73. The van der Waals surface area contributed by atoms with Crippen LogP contribution in [0.3, 0.4) is 0 Å². The van der Waals surface area contributed by atoms with Gasteiger partial charge >= 0.3 is 0 Å². The van der Waals surface area contributed by atoms with Crippen molar-refractivity contribution < 1.29 is 5.11 Å². The topological polar surface area (TPSA) is 20.2 Å². The van der Waals surface area contributed by atoms with Crippen LogP contribution in [0.15, 0.2) is 24.3 Å². The molecule has 0 aliphatic rings. The minimum Gasteiger partial charge on any atom is -0.395 e. The van der Waals surface area contributed by atoms with E-state index in [2.05, 4.69) is 37.0 Å². The Bertz CT molecular complexity index is 390. The Hall–Kier alpha value is -0.910. The van der Waals surface area contributed by atoms with E-state index < -0.39 is 0 Å². The summed E-state index contributed by atoms with van der Waals surface area (Å²) in [5.41, 5.74) is 2.42. The maximum Gasteiger partial charge on any atom is 0.0540 e. The molecule has 1 N–H and O–H groups in total. The van der Waals surface area contributed by atoms with E-state index in [9.17, 15) is 0 Å². The zero-order chi connectivity index (χ0) is 13.1. The highest BCUT2D eigenvalue weighted by Gasteiger charge is 1.99. The first-order valence-electron chi connectivity index (χ1n) is 6.64. The molecule has 0 spiro atoms. The largest absolute Gasteiger partial charge is 0.395 e. The SMILES string of the molecule is CCCCCSCc1ccccc1C#CCCO. The molecular weight excluding hydrogens is 240 g/mol. The highest BCUT2D eigenvalue weighted by molar-refractivity contribution is 7.98. The van der Waals surface area contributed by atoms with E-state index in [4.69, 9.17) is 5.11 Å². The molecule has 0 fully saturated rings. The van der Waals surface area contributed by atoms with Gasteiger partial charge in [-0.3, -0.25) is 0 Å². The van der Waals surface area contributed by atoms with Gasteiger partial charge in [0.25, 0.3) is 0 Å². The van der Waals surface area contributed by atoms with Gasteiger partial charge in [-0.05, 0) is 23.8 Å². The molecule has 1 aromatic rings. The monoisotopic (exact) mass is 262 g/mol. The van der Waals surface area contributed by atoms with Gasteiger partial charge in [-0.2, -0.15) is 11.8 Å². The summed E-state index contributed by atoms with van der Waals surface area (Å²) in [6.45, 7) is 2.37. The number of aliphatic hydroxyl groups is 1. The van der Waals surface area contributed by atoms with Crippen molar-refractivity contribution in [3.05, 3.63) is 35.4 Å². The fourth-order valence-corrected chi connectivity index (χ4v) is 2.64. The van der Waals surface area contributed by atoms with Crippen molar-refractivity contribution in [1.29, 1.82) is 0 Å². The van der Waals surface area contributed by atoms with E-state index in [1.54, 1.807) is 0 Å². The Morgan fingerprint density at radius 3 is 2.83 bits per heavy atom. The number of aliphatic hydroxyl groups excluding tert-OH is 1. The number of benzene rings is 1. The molecule has 1 nitrogen and oxygen atoms in total. The number of hydrogen-bond acceptors (Lipinski definition) is 2. The van der Waals surface area contributed by atoms with Crippen LogP contribution < -0.4 is 0 Å². The van der Waals surface area contributed by atoms with E-state index in [1.165, 1.54) is 30.6 Å². The van der Waals surface area contributed by atoms with Crippen LogP contribution in [0.5, 0.6) is 0 Å². The molecular formula is C16H22OS. The summed E-state index contributed by atoms with van der Waals surface area (Å²) in [7, 11) is 0. The van der Waals surface area contributed by atoms with Crippen LogP contribution in [0, 0.1) is 11.8 Å². The molecule has 0 saturated carbocycles. The quantitative estimate of drug-likeness (QED) is 0.595. The maximum absolute atomic E-state index is 8.73. The first kappa shape index (κ1) is 15.1. The van der Waals surface area contributed by atoms with Crippen molar-refractivity contribution >= 4 is 11.8 Å². The molecule has 0 aromatic heterocycles. The van der Waals surface area contributed by atoms with Crippen molar-refractivity contribution in [2.75, 3.05) is 12.4 Å². The van der Waals surface area contributed by atoms with E-state index in [0.29, 0.717) is 6.42 Å². The van der Waals surface area contributed by atoms with Crippen molar-refractivity contribution in [3.63, 3.8) is 0 Å². The zero-order valence-corrected chi connectivity index (χ0v) is 11.9. The molecule has 0 radical (unpaired) electrons. The lowest BCUT2D eigenvalue weighted by Gasteiger charge is -2.04. The minimum atomic E-state index is 0.140. The Morgan fingerprint density at radius 2 is 2.06 bits per heavy atom. The Labute approximate surface area is 115 Å². The second-order valence-corrected chi connectivity index (χ2v) is 5.30. The van der Waals surface area contributed by atoms with Gasteiger partial charge in [0, 0.05) is 17.7 Å². The predicted molar refractivity (Wildman–Crippen MR) is 80.7 cm³/mol. The summed E-state index contributed by atoms with van der Waals surface area (Å²) in [6.07, 6.45) is 4.46. The molecule has 0 saturated heterocycles. The molecule has 0 amide bonds. The molecule has 18 heavy (non-hydrogen) atoms. The number of unbranched alkanes of at least 4 members (excludes halogenated alkanes) is 2. The summed E-state index contributed by atoms with van der Waals surface area (Å²) in [5, 5.41) is 8.73. The van der Waals surface area contributed by atoms with Gasteiger partial charge in [-0.25, -0.2) is 0 Å². The lowest BCUT2D eigenvalue weighted by Crippen LogP contribution is -1.89. The average molecular weight is 262 g/mol. The molecule has 1 aromatic carbocycles. The third-order valence-electron chi connectivity index (χ3n) is 2.63. The normalized spacial score (nSPS) is 9.89. The Kier molecular flexibility index (Phi) is 8.46. The molecule has 1 rings (SSSR count). The molecule has 2 heteroatoms. The van der Waals surface area contributed by atoms with Gasteiger partial charge in [0.1, 0.15) is 0 Å². The van der Waals surface area contributed by atoms with E-state index in [1.807, 2.05) is 17.8 Å². The second-order valence-electron chi connectivity index (χ2n) is 4.19. The molecule has 0 aliphatic carbocycles. The van der Waals surface area contributed by atoms with E-state index in [0.717, 1.165) is 11.3 Å². The van der Waals surface area contributed by atoms with E-state index >= 15 is 0 Å². The number of thioether (sulfide) groups is 1. The standard InChI is InChI=1S/C16H22OS/c1-2-3-8-13-18-14-16-11-5-4-9-15(16)10-6-7-12-17/h4-5,9,11,17H,2-3,7-8,12-14H2,1H3. The van der Waals surface area contributed by atoms with Crippen LogP contribution >= 0.6 is 11.8 Å². The Balaban J connectivity index is 2.47. The highest BCUT2D eigenvalue weighted by Crippen LogP contribution is 2.17. The van der Waals surface area contributed by atoms with E-state index in [-0.39, 0.29) is 6.61 Å². The smallest absolute Gasteiger partial charge is 0.0540 e. The van der Waals surface area contributed by atoms with Crippen LogP contribution in [0.4, 0.5) is 0 Å². The predicted octanol–water partition coefficient (Wildman–Crippen LogP) is 3.84. The molecule has 0 heterocycles. The van der Waals surface area contributed by atoms with Crippen LogP contribution in [0.25, 0.3) is 0 Å². The third-order valence-corrected chi connectivity index (χ3v) is 3.72. The highest BCUT2D eigenvalue weighted by atomic mass is 32.2. The Morgan fingerprint density at radius 1 is 1.22 bits per heavy atom. The van der Waals surface area contributed by atoms with Crippen molar-refractivity contribution in [2.24, 2.45) is 0 Å². The molecule has 0 aliphatic heterocycles. The van der Waals surface area contributed by atoms with Crippen molar-refractivity contribution in [3.8, 4) is 11.8 Å². The van der Waals surface area contributed by atoms with Crippen molar-refractivity contribution in [1.82, 2.24) is 0 Å². The molecule has 98 valence electrons. The van der Waals surface area contributed by atoms with Gasteiger partial charge in [-0.15, -0.1) is 0 Å². The fourth-order valence-electron chi connectivity index (χ4n) is 1.62.